The summed E-state index contributed by atoms with van der Waals surface area (Å²) in [7, 11) is 0. The maximum absolute atomic E-state index is 10.8. The zero-order valence-electron chi connectivity index (χ0n) is 9.85. The summed E-state index contributed by atoms with van der Waals surface area (Å²) in [4.78, 5) is 2.52. The predicted octanol–water partition coefficient (Wildman–Crippen LogP) is 4.48. The van der Waals surface area contributed by atoms with E-state index in [9.17, 15) is 5.11 Å². The van der Waals surface area contributed by atoms with Crippen molar-refractivity contribution in [3.05, 3.63) is 34.5 Å². The largest absolute Gasteiger partial charge is 0.385 e. The Balaban J connectivity index is 2.01. The Morgan fingerprint density at radius 1 is 1.24 bits per heavy atom. The maximum atomic E-state index is 10.8. The summed E-state index contributed by atoms with van der Waals surface area (Å²) in [5.41, 5.74) is 0.465. The van der Waals surface area contributed by atoms with Crippen LogP contribution in [0.2, 0.25) is 0 Å². The zero-order valence-corrected chi connectivity index (χ0v) is 11.5. The van der Waals surface area contributed by atoms with Gasteiger partial charge >= 0.3 is 0 Å². The molecule has 0 saturated heterocycles. The summed E-state index contributed by atoms with van der Waals surface area (Å²) in [6.07, 6.45) is 3.58. The van der Waals surface area contributed by atoms with Crippen molar-refractivity contribution in [2.75, 3.05) is 0 Å². The summed E-state index contributed by atoms with van der Waals surface area (Å²) < 4.78 is 0. The fourth-order valence-electron chi connectivity index (χ4n) is 2.50. The highest BCUT2D eigenvalue weighted by Crippen LogP contribution is 2.47. The molecule has 1 nitrogen and oxygen atoms in total. The second-order valence-electron chi connectivity index (χ2n) is 4.92. The van der Waals surface area contributed by atoms with E-state index in [2.05, 4.69) is 29.0 Å². The molecule has 90 valence electrons. The predicted molar refractivity (Wildman–Crippen MR) is 74.5 cm³/mol. The minimum absolute atomic E-state index is 0.441. The van der Waals surface area contributed by atoms with Gasteiger partial charge in [0.05, 0.1) is 10.5 Å². The summed E-state index contributed by atoms with van der Waals surface area (Å²) in [5.74, 6) is 0.441. The van der Waals surface area contributed by atoms with Gasteiger partial charge in [-0.15, -0.1) is 22.7 Å². The Morgan fingerprint density at radius 2 is 2.06 bits per heavy atom. The monoisotopic (exact) mass is 264 g/mol. The highest BCUT2D eigenvalue weighted by atomic mass is 32.1. The molecule has 2 aromatic heterocycles. The third-order valence-corrected chi connectivity index (χ3v) is 5.82. The molecule has 0 spiro atoms. The Hall–Kier alpha value is -0.640. The van der Waals surface area contributed by atoms with Crippen molar-refractivity contribution in [2.45, 2.75) is 31.8 Å². The molecule has 3 rings (SSSR count). The van der Waals surface area contributed by atoms with Gasteiger partial charge in [-0.25, -0.2) is 0 Å². The quantitative estimate of drug-likeness (QED) is 0.866. The van der Waals surface area contributed by atoms with Crippen LogP contribution in [-0.4, -0.2) is 5.11 Å². The van der Waals surface area contributed by atoms with Crippen molar-refractivity contribution in [2.24, 2.45) is 5.92 Å². The molecular formula is C14H16OS2. The highest BCUT2D eigenvalue weighted by molar-refractivity contribution is 7.20. The van der Waals surface area contributed by atoms with Gasteiger partial charge in [-0.2, -0.15) is 0 Å². The number of thiophene rings is 2. The van der Waals surface area contributed by atoms with Crippen LogP contribution in [0.3, 0.4) is 0 Å². The van der Waals surface area contributed by atoms with Crippen LogP contribution in [0.25, 0.3) is 9.75 Å². The Morgan fingerprint density at radius 3 is 2.65 bits per heavy atom. The topological polar surface area (TPSA) is 20.2 Å². The first-order valence-electron chi connectivity index (χ1n) is 6.04. The van der Waals surface area contributed by atoms with E-state index in [1.807, 2.05) is 6.92 Å². The second-order valence-corrected chi connectivity index (χ2v) is 6.78. The molecule has 1 atom stereocenters. The van der Waals surface area contributed by atoms with Gasteiger partial charge < -0.3 is 5.11 Å². The third-order valence-electron chi connectivity index (χ3n) is 3.86. The maximum Gasteiger partial charge on any atom is 0.0910 e. The van der Waals surface area contributed by atoms with Crippen molar-refractivity contribution in [3.63, 3.8) is 0 Å². The van der Waals surface area contributed by atoms with E-state index >= 15 is 0 Å². The SMILES string of the molecule is CC(O)(c1ccsc1-c1cccs1)C1CCC1. The van der Waals surface area contributed by atoms with Gasteiger partial charge in [-0.3, -0.25) is 0 Å². The summed E-state index contributed by atoms with van der Waals surface area (Å²) >= 11 is 3.48. The minimum Gasteiger partial charge on any atom is -0.385 e. The van der Waals surface area contributed by atoms with Crippen LogP contribution >= 0.6 is 22.7 Å². The summed E-state index contributed by atoms with van der Waals surface area (Å²) in [5, 5.41) is 15.0. The lowest BCUT2D eigenvalue weighted by Crippen LogP contribution is -2.36. The normalized spacial score (nSPS) is 19.9. The number of hydrogen-bond acceptors (Lipinski definition) is 3. The van der Waals surface area contributed by atoms with E-state index < -0.39 is 5.60 Å². The molecule has 1 N–H and O–H groups in total. The summed E-state index contributed by atoms with van der Waals surface area (Å²) in [6.45, 7) is 1.98. The van der Waals surface area contributed by atoms with Gasteiger partial charge in [0.2, 0.25) is 0 Å². The van der Waals surface area contributed by atoms with Crippen molar-refractivity contribution in [1.82, 2.24) is 0 Å². The standard InChI is InChI=1S/C14H16OS2/c1-14(15,10-4-2-5-10)11-7-9-17-13(11)12-6-3-8-16-12/h3,6-10,15H,2,4-5H2,1H3. The second kappa shape index (κ2) is 4.23. The Labute approximate surface area is 110 Å². The molecule has 0 aromatic carbocycles. The molecule has 17 heavy (non-hydrogen) atoms. The average Bonchev–Trinajstić information content (AvgIpc) is 2.85. The number of rotatable bonds is 3. The molecule has 0 radical (unpaired) electrons. The van der Waals surface area contributed by atoms with Crippen LogP contribution in [0.15, 0.2) is 29.0 Å². The molecule has 0 amide bonds. The first-order chi connectivity index (χ1) is 8.19. The van der Waals surface area contributed by atoms with Gasteiger partial charge in [-0.1, -0.05) is 12.5 Å². The van der Waals surface area contributed by atoms with Gasteiger partial charge in [0, 0.05) is 10.4 Å². The smallest absolute Gasteiger partial charge is 0.0910 e. The zero-order chi connectivity index (χ0) is 11.9. The Bertz CT molecular complexity index is 492. The molecule has 1 aliphatic carbocycles. The molecule has 0 aliphatic heterocycles. The average molecular weight is 264 g/mol. The van der Waals surface area contributed by atoms with Gasteiger partial charge in [0.25, 0.3) is 0 Å². The lowest BCUT2D eigenvalue weighted by Gasteiger charge is -2.39. The van der Waals surface area contributed by atoms with Gasteiger partial charge in [0.15, 0.2) is 0 Å². The summed E-state index contributed by atoms with van der Waals surface area (Å²) in [6, 6.07) is 6.30. The van der Waals surface area contributed by atoms with Crippen LogP contribution in [0.1, 0.15) is 31.7 Å². The van der Waals surface area contributed by atoms with Crippen molar-refractivity contribution >= 4 is 22.7 Å². The lowest BCUT2D eigenvalue weighted by atomic mass is 9.71. The fraction of sp³-hybridized carbons (Fsp3) is 0.429. The highest BCUT2D eigenvalue weighted by Gasteiger charge is 2.39. The lowest BCUT2D eigenvalue weighted by molar-refractivity contribution is -0.0391. The van der Waals surface area contributed by atoms with Gasteiger partial charge in [-0.05, 0) is 48.6 Å². The first kappa shape index (κ1) is 11.5. The van der Waals surface area contributed by atoms with E-state index in [0.717, 1.165) is 18.4 Å². The van der Waals surface area contributed by atoms with Gasteiger partial charge in [0.1, 0.15) is 0 Å². The molecule has 1 saturated carbocycles. The van der Waals surface area contributed by atoms with E-state index in [0.29, 0.717) is 5.92 Å². The van der Waals surface area contributed by atoms with Crippen molar-refractivity contribution < 1.29 is 5.11 Å². The molecule has 2 aromatic rings. The van der Waals surface area contributed by atoms with E-state index in [1.165, 1.54) is 16.2 Å². The van der Waals surface area contributed by atoms with Crippen LogP contribution in [0.5, 0.6) is 0 Å². The van der Waals surface area contributed by atoms with Crippen molar-refractivity contribution in [1.29, 1.82) is 0 Å². The number of aliphatic hydroxyl groups is 1. The van der Waals surface area contributed by atoms with E-state index in [1.54, 1.807) is 22.7 Å². The third kappa shape index (κ3) is 1.86. The number of hydrogen-bond donors (Lipinski definition) is 1. The molecule has 1 aliphatic rings. The molecule has 2 heterocycles. The molecule has 1 unspecified atom stereocenters. The molecule has 3 heteroatoms. The van der Waals surface area contributed by atoms with E-state index in [4.69, 9.17) is 0 Å². The van der Waals surface area contributed by atoms with Crippen molar-refractivity contribution in [3.8, 4) is 9.75 Å². The van der Waals surface area contributed by atoms with Crippen LogP contribution < -0.4 is 0 Å². The minimum atomic E-state index is -0.655. The van der Waals surface area contributed by atoms with Crippen LogP contribution in [-0.2, 0) is 5.60 Å². The van der Waals surface area contributed by atoms with Crippen LogP contribution in [0, 0.1) is 5.92 Å². The molecular weight excluding hydrogens is 248 g/mol. The molecule has 0 bridgehead atoms. The van der Waals surface area contributed by atoms with E-state index in [-0.39, 0.29) is 0 Å². The molecule has 1 fully saturated rings. The Kier molecular flexibility index (Phi) is 2.85. The first-order valence-corrected chi connectivity index (χ1v) is 7.80. The van der Waals surface area contributed by atoms with Crippen LogP contribution in [0.4, 0.5) is 0 Å². The fourth-order valence-corrected chi connectivity index (χ4v) is 4.39.